The molecule has 0 N–H and O–H groups in total. The Kier molecular flexibility index (Phi) is 14.2. The second kappa shape index (κ2) is 12.5. The summed E-state index contributed by atoms with van der Waals surface area (Å²) in [4.78, 5) is 0. The maximum atomic E-state index is 8.47. The van der Waals surface area contributed by atoms with Gasteiger partial charge >= 0.3 is 0 Å². The number of nitrogens with zero attached hydrogens (tertiary/aromatic N) is 1. The van der Waals surface area contributed by atoms with Gasteiger partial charge in [-0.15, -0.1) is 0 Å². The van der Waals surface area contributed by atoms with Gasteiger partial charge in [0.15, 0.2) is 0 Å². The van der Waals surface area contributed by atoms with E-state index in [4.69, 9.17) is 5.26 Å². The third-order valence-electron chi connectivity index (χ3n) is 2.17. The van der Waals surface area contributed by atoms with Gasteiger partial charge in [-0.2, -0.15) is 5.26 Å². The first-order valence-electron chi connectivity index (χ1n) is 6.07. The van der Waals surface area contributed by atoms with Crippen LogP contribution >= 0.6 is 0 Å². The summed E-state index contributed by atoms with van der Waals surface area (Å²) in [5.74, 6) is 1.56. The van der Waals surface area contributed by atoms with E-state index in [1.54, 1.807) is 0 Å². The van der Waals surface area contributed by atoms with E-state index >= 15 is 0 Å². The highest BCUT2D eigenvalue weighted by molar-refractivity contribution is 4.72. The molecule has 1 atom stereocenters. The van der Waals surface area contributed by atoms with Crippen LogP contribution in [-0.4, -0.2) is 0 Å². The lowest BCUT2D eigenvalue weighted by atomic mass is 9.89. The van der Waals surface area contributed by atoms with Crippen LogP contribution in [0.1, 0.15) is 66.7 Å². The van der Waals surface area contributed by atoms with E-state index in [2.05, 4.69) is 26.8 Å². The van der Waals surface area contributed by atoms with Crippen molar-refractivity contribution >= 4 is 0 Å². The van der Waals surface area contributed by atoms with Crippen molar-refractivity contribution in [1.82, 2.24) is 0 Å². The van der Waals surface area contributed by atoms with E-state index < -0.39 is 0 Å². The second-order valence-electron chi connectivity index (χ2n) is 3.98. The number of hydrogen-bond acceptors (Lipinski definition) is 1. The van der Waals surface area contributed by atoms with Crippen LogP contribution in [-0.2, 0) is 0 Å². The summed E-state index contributed by atoms with van der Waals surface area (Å²) >= 11 is 0. The SMILES string of the molecule is CC.CCCC(CCC#N)CC(C)C. The lowest BCUT2D eigenvalue weighted by molar-refractivity contribution is 0.364. The maximum Gasteiger partial charge on any atom is 0.0621 e. The Morgan fingerprint density at radius 2 is 1.71 bits per heavy atom. The van der Waals surface area contributed by atoms with Crippen molar-refractivity contribution in [3.05, 3.63) is 0 Å². The van der Waals surface area contributed by atoms with E-state index in [0.717, 1.165) is 24.7 Å². The molecule has 0 bridgehead atoms. The van der Waals surface area contributed by atoms with E-state index in [9.17, 15) is 0 Å². The van der Waals surface area contributed by atoms with Crippen molar-refractivity contribution in [3.63, 3.8) is 0 Å². The van der Waals surface area contributed by atoms with Gasteiger partial charge in [-0.05, 0) is 24.7 Å². The molecule has 0 aliphatic heterocycles. The number of rotatable bonds is 6. The van der Waals surface area contributed by atoms with Crippen molar-refractivity contribution in [2.75, 3.05) is 0 Å². The maximum absolute atomic E-state index is 8.47. The van der Waals surface area contributed by atoms with Crippen molar-refractivity contribution in [2.45, 2.75) is 66.7 Å². The molecule has 0 radical (unpaired) electrons. The van der Waals surface area contributed by atoms with Crippen LogP contribution in [0.25, 0.3) is 0 Å². The summed E-state index contributed by atoms with van der Waals surface area (Å²) < 4.78 is 0. The van der Waals surface area contributed by atoms with Gasteiger partial charge in [-0.1, -0.05) is 47.5 Å². The van der Waals surface area contributed by atoms with Crippen LogP contribution in [0, 0.1) is 23.2 Å². The smallest absolute Gasteiger partial charge is 0.0621 e. The molecule has 0 amide bonds. The first kappa shape index (κ1) is 15.9. The Hall–Kier alpha value is -0.510. The van der Waals surface area contributed by atoms with Crippen molar-refractivity contribution in [3.8, 4) is 6.07 Å². The van der Waals surface area contributed by atoms with Gasteiger partial charge in [0.1, 0.15) is 0 Å². The summed E-state index contributed by atoms with van der Waals surface area (Å²) in [6.07, 6.45) is 5.66. The summed E-state index contributed by atoms with van der Waals surface area (Å²) in [6.45, 7) is 10.7. The minimum atomic E-state index is 0.734. The molecular weight excluding hydrogens is 170 g/mol. The van der Waals surface area contributed by atoms with E-state index in [1.165, 1.54) is 19.3 Å². The lowest BCUT2D eigenvalue weighted by Gasteiger charge is -2.16. The highest BCUT2D eigenvalue weighted by atomic mass is 14.2. The topological polar surface area (TPSA) is 23.8 Å². The van der Waals surface area contributed by atoms with E-state index in [1.807, 2.05) is 13.8 Å². The van der Waals surface area contributed by atoms with E-state index in [0.29, 0.717) is 0 Å². The van der Waals surface area contributed by atoms with Crippen LogP contribution in [0.4, 0.5) is 0 Å². The molecule has 14 heavy (non-hydrogen) atoms. The van der Waals surface area contributed by atoms with Gasteiger partial charge in [0, 0.05) is 6.42 Å². The third kappa shape index (κ3) is 11.5. The standard InChI is InChI=1S/C11H21N.C2H6/c1-4-6-11(7-5-8-12)9-10(2)3;1-2/h10-11H,4-7,9H2,1-3H3;1-2H3. The molecule has 0 saturated carbocycles. The zero-order valence-corrected chi connectivity index (χ0v) is 10.6. The third-order valence-corrected chi connectivity index (χ3v) is 2.17. The molecule has 0 spiro atoms. The molecule has 0 aromatic heterocycles. The van der Waals surface area contributed by atoms with Gasteiger partial charge in [-0.3, -0.25) is 0 Å². The van der Waals surface area contributed by atoms with Gasteiger partial charge in [-0.25, -0.2) is 0 Å². The lowest BCUT2D eigenvalue weighted by Crippen LogP contribution is -2.04. The minimum Gasteiger partial charge on any atom is -0.198 e. The number of hydrogen-bond donors (Lipinski definition) is 0. The minimum absolute atomic E-state index is 0.734. The molecular formula is C13H27N. The Labute approximate surface area is 90.5 Å². The van der Waals surface area contributed by atoms with Crippen molar-refractivity contribution < 1.29 is 0 Å². The van der Waals surface area contributed by atoms with Gasteiger partial charge in [0.05, 0.1) is 6.07 Å². The highest BCUT2D eigenvalue weighted by Gasteiger charge is 2.08. The molecule has 0 aliphatic carbocycles. The Bertz CT molecular complexity index is 133. The summed E-state index contributed by atoms with van der Waals surface area (Å²) in [5, 5.41) is 8.47. The fourth-order valence-corrected chi connectivity index (χ4v) is 1.72. The Balaban J connectivity index is 0. The molecule has 0 heterocycles. The molecule has 0 aliphatic rings. The monoisotopic (exact) mass is 197 g/mol. The predicted molar refractivity (Wildman–Crippen MR) is 64.0 cm³/mol. The van der Waals surface area contributed by atoms with E-state index in [-0.39, 0.29) is 0 Å². The molecule has 0 aromatic rings. The fourth-order valence-electron chi connectivity index (χ4n) is 1.72. The average Bonchev–Trinajstić information content (AvgIpc) is 2.17. The Morgan fingerprint density at radius 3 is 2.07 bits per heavy atom. The molecule has 0 saturated heterocycles. The largest absolute Gasteiger partial charge is 0.198 e. The zero-order valence-electron chi connectivity index (χ0n) is 10.6. The summed E-state index contributed by atoms with van der Waals surface area (Å²) in [7, 11) is 0. The molecule has 1 unspecified atom stereocenters. The quantitative estimate of drug-likeness (QED) is 0.601. The van der Waals surface area contributed by atoms with Gasteiger partial charge in [0.25, 0.3) is 0 Å². The summed E-state index contributed by atoms with van der Waals surface area (Å²) in [6, 6.07) is 2.23. The van der Waals surface area contributed by atoms with Crippen molar-refractivity contribution in [2.24, 2.45) is 11.8 Å². The van der Waals surface area contributed by atoms with Gasteiger partial charge in [0.2, 0.25) is 0 Å². The van der Waals surface area contributed by atoms with Gasteiger partial charge < -0.3 is 0 Å². The zero-order chi connectivity index (χ0) is 11.4. The van der Waals surface area contributed by atoms with Crippen LogP contribution in [0.5, 0.6) is 0 Å². The molecule has 84 valence electrons. The summed E-state index contributed by atoms with van der Waals surface area (Å²) in [5.41, 5.74) is 0. The Morgan fingerprint density at radius 1 is 1.14 bits per heavy atom. The van der Waals surface area contributed by atoms with Crippen LogP contribution in [0.15, 0.2) is 0 Å². The second-order valence-corrected chi connectivity index (χ2v) is 3.98. The molecule has 1 heteroatoms. The van der Waals surface area contributed by atoms with Crippen molar-refractivity contribution in [1.29, 1.82) is 5.26 Å². The molecule has 0 rings (SSSR count). The van der Waals surface area contributed by atoms with Crippen LogP contribution in [0.3, 0.4) is 0 Å². The highest BCUT2D eigenvalue weighted by Crippen LogP contribution is 2.21. The first-order chi connectivity index (χ1) is 6.70. The van der Waals surface area contributed by atoms with Crippen LogP contribution < -0.4 is 0 Å². The molecule has 1 nitrogen and oxygen atoms in total. The fraction of sp³-hybridized carbons (Fsp3) is 0.923. The molecule has 0 aromatic carbocycles. The molecule has 0 fully saturated rings. The average molecular weight is 197 g/mol. The number of nitriles is 1. The predicted octanol–water partition coefficient (Wildman–Crippen LogP) is 4.78. The van der Waals surface area contributed by atoms with Crippen LogP contribution in [0.2, 0.25) is 0 Å². The normalized spacial score (nSPS) is 11.5. The first-order valence-corrected chi connectivity index (χ1v) is 6.07.